The fraction of sp³-hybridized carbons (Fsp3) is 0.750. The molecule has 22 heavy (non-hydrogen) atoms. The Labute approximate surface area is 134 Å². The molecule has 0 spiro atoms. The molecular weight excluding hydrogens is 272 g/mol. The van der Waals surface area contributed by atoms with Crippen molar-refractivity contribution in [3.8, 4) is 0 Å². The number of rotatable bonds is 2. The SMILES string of the molecule is C=CC1(C)CCC2=C(CCC3C(C)(C(=O)O)CCCC23C)C1. The Balaban J connectivity index is 2.01. The molecule has 1 fully saturated rings. The zero-order chi connectivity index (χ0) is 16.2. The lowest BCUT2D eigenvalue weighted by atomic mass is 9.47. The summed E-state index contributed by atoms with van der Waals surface area (Å²) in [7, 11) is 0. The van der Waals surface area contributed by atoms with E-state index in [2.05, 4.69) is 26.5 Å². The zero-order valence-electron chi connectivity index (χ0n) is 14.4. The molecule has 3 aliphatic carbocycles. The fourth-order valence-electron chi connectivity index (χ4n) is 5.82. The minimum absolute atomic E-state index is 0.113. The van der Waals surface area contributed by atoms with E-state index < -0.39 is 11.4 Å². The molecule has 122 valence electrons. The first-order valence-electron chi connectivity index (χ1n) is 8.84. The van der Waals surface area contributed by atoms with E-state index in [-0.39, 0.29) is 10.8 Å². The third-order valence-electron chi connectivity index (χ3n) is 7.33. The van der Waals surface area contributed by atoms with E-state index in [4.69, 9.17) is 0 Å². The highest BCUT2D eigenvalue weighted by atomic mass is 16.4. The topological polar surface area (TPSA) is 37.3 Å². The van der Waals surface area contributed by atoms with E-state index in [1.54, 1.807) is 11.1 Å². The predicted molar refractivity (Wildman–Crippen MR) is 89.6 cm³/mol. The molecule has 3 aliphatic rings. The molecule has 2 nitrogen and oxygen atoms in total. The van der Waals surface area contributed by atoms with Crippen LogP contribution in [0.5, 0.6) is 0 Å². The van der Waals surface area contributed by atoms with Gasteiger partial charge in [-0.05, 0) is 68.6 Å². The van der Waals surface area contributed by atoms with Crippen LogP contribution >= 0.6 is 0 Å². The van der Waals surface area contributed by atoms with Gasteiger partial charge in [-0.25, -0.2) is 0 Å². The average Bonchev–Trinajstić information content (AvgIpc) is 2.46. The highest BCUT2D eigenvalue weighted by molar-refractivity contribution is 5.75. The molecule has 4 unspecified atom stereocenters. The van der Waals surface area contributed by atoms with Crippen LogP contribution in [0.15, 0.2) is 23.8 Å². The Morgan fingerprint density at radius 3 is 2.59 bits per heavy atom. The minimum Gasteiger partial charge on any atom is -0.481 e. The van der Waals surface area contributed by atoms with Crippen molar-refractivity contribution >= 4 is 5.97 Å². The van der Waals surface area contributed by atoms with Crippen LogP contribution in [0.2, 0.25) is 0 Å². The number of hydrogen-bond acceptors (Lipinski definition) is 1. The molecule has 0 saturated heterocycles. The van der Waals surface area contributed by atoms with E-state index in [0.29, 0.717) is 5.92 Å². The number of carboxylic acids is 1. The summed E-state index contributed by atoms with van der Waals surface area (Å²) in [6.45, 7) is 10.7. The van der Waals surface area contributed by atoms with Crippen molar-refractivity contribution < 1.29 is 9.90 Å². The van der Waals surface area contributed by atoms with Gasteiger partial charge in [0.15, 0.2) is 0 Å². The van der Waals surface area contributed by atoms with Crippen molar-refractivity contribution in [2.75, 3.05) is 0 Å². The van der Waals surface area contributed by atoms with Gasteiger partial charge in [-0.3, -0.25) is 4.79 Å². The number of carboxylic acid groups (broad SMARTS) is 1. The second kappa shape index (κ2) is 4.97. The molecule has 0 radical (unpaired) electrons. The third-order valence-corrected chi connectivity index (χ3v) is 7.33. The minimum atomic E-state index is -0.584. The second-order valence-electron chi connectivity index (χ2n) is 8.70. The number of hydrogen-bond donors (Lipinski definition) is 1. The second-order valence-corrected chi connectivity index (χ2v) is 8.70. The molecule has 0 aromatic rings. The van der Waals surface area contributed by atoms with Gasteiger partial charge < -0.3 is 5.11 Å². The summed E-state index contributed by atoms with van der Waals surface area (Å²) in [5.74, 6) is -0.280. The number of aliphatic carboxylic acids is 1. The van der Waals surface area contributed by atoms with E-state index in [1.807, 2.05) is 6.92 Å². The molecule has 0 aromatic heterocycles. The standard InChI is InChI=1S/C20H30O2/c1-5-18(2)12-9-15-14(13-18)7-8-16-19(15,3)10-6-11-20(16,4)17(21)22/h5,16H,1,6-13H2,2-4H3,(H,21,22). The van der Waals surface area contributed by atoms with Crippen LogP contribution in [0.25, 0.3) is 0 Å². The summed E-state index contributed by atoms with van der Waals surface area (Å²) >= 11 is 0. The zero-order valence-corrected chi connectivity index (χ0v) is 14.4. The van der Waals surface area contributed by atoms with Crippen LogP contribution < -0.4 is 0 Å². The molecule has 0 heterocycles. The van der Waals surface area contributed by atoms with Gasteiger partial charge in [-0.15, -0.1) is 6.58 Å². The van der Waals surface area contributed by atoms with Crippen LogP contribution in [0.4, 0.5) is 0 Å². The molecule has 0 aromatic carbocycles. The average molecular weight is 302 g/mol. The summed E-state index contributed by atoms with van der Waals surface area (Å²) in [5.41, 5.74) is 3.07. The molecule has 1 saturated carbocycles. The summed E-state index contributed by atoms with van der Waals surface area (Å²) in [4.78, 5) is 12.0. The van der Waals surface area contributed by atoms with E-state index in [9.17, 15) is 9.90 Å². The first-order valence-corrected chi connectivity index (χ1v) is 8.84. The Hall–Kier alpha value is -1.05. The maximum Gasteiger partial charge on any atom is 0.309 e. The number of fused-ring (bicyclic) bond motifs is 2. The molecule has 3 rings (SSSR count). The van der Waals surface area contributed by atoms with Gasteiger partial charge in [0.1, 0.15) is 0 Å². The highest BCUT2D eigenvalue weighted by Gasteiger charge is 2.56. The van der Waals surface area contributed by atoms with E-state index in [0.717, 1.165) is 38.5 Å². The van der Waals surface area contributed by atoms with Crippen LogP contribution in [0.3, 0.4) is 0 Å². The molecular formula is C20H30O2. The van der Waals surface area contributed by atoms with Crippen molar-refractivity contribution in [2.24, 2.45) is 22.2 Å². The van der Waals surface area contributed by atoms with Gasteiger partial charge in [0, 0.05) is 0 Å². The quantitative estimate of drug-likeness (QED) is 0.698. The first-order chi connectivity index (χ1) is 10.3. The fourth-order valence-corrected chi connectivity index (χ4v) is 5.82. The van der Waals surface area contributed by atoms with Crippen LogP contribution in [0.1, 0.15) is 72.1 Å². The Kier molecular flexibility index (Phi) is 3.58. The van der Waals surface area contributed by atoms with Crippen molar-refractivity contribution in [3.63, 3.8) is 0 Å². The molecule has 0 aliphatic heterocycles. The van der Waals surface area contributed by atoms with Gasteiger partial charge >= 0.3 is 5.97 Å². The molecule has 2 heteroatoms. The van der Waals surface area contributed by atoms with Gasteiger partial charge in [0.25, 0.3) is 0 Å². The maximum absolute atomic E-state index is 12.0. The van der Waals surface area contributed by atoms with Crippen LogP contribution in [-0.4, -0.2) is 11.1 Å². The van der Waals surface area contributed by atoms with Crippen molar-refractivity contribution in [3.05, 3.63) is 23.8 Å². The van der Waals surface area contributed by atoms with Gasteiger partial charge in [0.2, 0.25) is 0 Å². The number of carbonyl (C=O) groups is 1. The van der Waals surface area contributed by atoms with Crippen LogP contribution in [-0.2, 0) is 4.79 Å². The summed E-state index contributed by atoms with van der Waals surface area (Å²) in [5, 5.41) is 9.84. The monoisotopic (exact) mass is 302 g/mol. The van der Waals surface area contributed by atoms with Gasteiger partial charge in [-0.2, -0.15) is 0 Å². The van der Waals surface area contributed by atoms with Crippen molar-refractivity contribution in [2.45, 2.75) is 72.1 Å². The summed E-state index contributed by atoms with van der Waals surface area (Å²) in [6.07, 6.45) is 10.8. The molecule has 4 atom stereocenters. The van der Waals surface area contributed by atoms with Crippen molar-refractivity contribution in [1.82, 2.24) is 0 Å². The van der Waals surface area contributed by atoms with Gasteiger partial charge in [-0.1, -0.05) is 37.5 Å². The van der Waals surface area contributed by atoms with E-state index >= 15 is 0 Å². The lowest BCUT2D eigenvalue weighted by Crippen LogP contribution is -2.51. The predicted octanol–water partition coefficient (Wildman–Crippen LogP) is 5.35. The summed E-state index contributed by atoms with van der Waals surface area (Å²) in [6, 6.07) is 0. The lowest BCUT2D eigenvalue weighted by Gasteiger charge is -2.56. The molecule has 1 N–H and O–H groups in total. The lowest BCUT2D eigenvalue weighted by molar-refractivity contribution is -0.159. The molecule has 0 amide bonds. The smallest absolute Gasteiger partial charge is 0.309 e. The first kappa shape index (κ1) is 15.8. The highest BCUT2D eigenvalue weighted by Crippen LogP contribution is 2.63. The van der Waals surface area contributed by atoms with Gasteiger partial charge in [0.05, 0.1) is 5.41 Å². The van der Waals surface area contributed by atoms with E-state index in [1.165, 1.54) is 12.8 Å². The number of allylic oxidation sites excluding steroid dienone is 3. The summed E-state index contributed by atoms with van der Waals surface area (Å²) < 4.78 is 0. The Morgan fingerprint density at radius 2 is 1.95 bits per heavy atom. The van der Waals surface area contributed by atoms with Crippen molar-refractivity contribution in [1.29, 1.82) is 0 Å². The normalized spacial score (nSPS) is 45.0. The largest absolute Gasteiger partial charge is 0.481 e. The molecule has 0 bridgehead atoms. The third kappa shape index (κ3) is 2.10. The Bertz CT molecular complexity index is 546. The maximum atomic E-state index is 12.0. The Morgan fingerprint density at radius 1 is 1.23 bits per heavy atom. The van der Waals surface area contributed by atoms with Crippen LogP contribution in [0, 0.1) is 22.2 Å².